The molecule has 4 heteroatoms. The fourth-order valence-electron chi connectivity index (χ4n) is 2.45. The first-order valence-electron chi connectivity index (χ1n) is 5.89. The molecule has 3 nitrogen and oxygen atoms in total. The summed E-state index contributed by atoms with van der Waals surface area (Å²) in [6.45, 7) is 0. The van der Waals surface area contributed by atoms with E-state index in [0.29, 0.717) is 5.56 Å². The molecule has 3 rings (SSSR count). The molecule has 0 bridgehead atoms. The van der Waals surface area contributed by atoms with Crippen molar-refractivity contribution >= 4 is 31.7 Å². The normalized spacial score (nSPS) is 12.1. The second-order valence-electron chi connectivity index (χ2n) is 4.52. The largest absolute Gasteiger partial charge is 0.285 e. The first kappa shape index (κ1) is 12.1. The fourth-order valence-corrected chi connectivity index (χ4v) is 3.12. The van der Waals surface area contributed by atoms with Gasteiger partial charge in [0.1, 0.15) is 5.75 Å². The molecule has 1 N–H and O–H groups in total. The first-order valence-corrected chi connectivity index (χ1v) is 7.50. The second kappa shape index (κ2) is 4.33. The summed E-state index contributed by atoms with van der Waals surface area (Å²) in [5, 5.41) is 3.66. The Hall–Kier alpha value is -1.91. The Kier molecular flexibility index (Phi) is 2.77. The molecular formula is C15H12O3S. The Bertz CT molecular complexity index is 813. The van der Waals surface area contributed by atoms with Crippen molar-refractivity contribution in [3.8, 4) is 0 Å². The maximum atomic E-state index is 11.2. The molecule has 0 aromatic heterocycles. The smallest absolute Gasteiger partial charge is 0.269 e. The van der Waals surface area contributed by atoms with E-state index < -0.39 is 10.1 Å². The van der Waals surface area contributed by atoms with Gasteiger partial charge in [0.15, 0.2) is 0 Å². The van der Waals surface area contributed by atoms with Gasteiger partial charge in [-0.2, -0.15) is 8.42 Å². The van der Waals surface area contributed by atoms with Crippen LogP contribution in [0.15, 0.2) is 54.6 Å². The molecule has 0 spiro atoms. The summed E-state index contributed by atoms with van der Waals surface area (Å²) in [7, 11) is -4.06. The Morgan fingerprint density at radius 2 is 1.32 bits per heavy atom. The molecule has 0 saturated carbocycles. The van der Waals surface area contributed by atoms with Crippen LogP contribution >= 0.6 is 0 Å². The zero-order valence-corrected chi connectivity index (χ0v) is 10.9. The molecule has 0 aliphatic heterocycles. The number of hydrogen-bond donors (Lipinski definition) is 1. The van der Waals surface area contributed by atoms with Crippen LogP contribution in [0.3, 0.4) is 0 Å². The average Bonchev–Trinajstić information content (AvgIpc) is 2.37. The van der Waals surface area contributed by atoms with Crippen molar-refractivity contribution in [2.75, 3.05) is 0 Å². The van der Waals surface area contributed by atoms with Gasteiger partial charge in [-0.05, 0) is 33.2 Å². The summed E-state index contributed by atoms with van der Waals surface area (Å²) in [4.78, 5) is 0. The number of benzene rings is 3. The molecule has 19 heavy (non-hydrogen) atoms. The third kappa shape index (κ3) is 2.32. The standard InChI is InChI=1S/C15H12O3S/c16-19(17,18)10-15-13-7-3-1-5-11(13)9-12-6-2-4-8-14(12)15/h1-9H,10H2,(H,16,17,18). The molecule has 0 aliphatic rings. The van der Waals surface area contributed by atoms with Gasteiger partial charge in [0, 0.05) is 0 Å². The topological polar surface area (TPSA) is 54.4 Å². The lowest BCUT2D eigenvalue weighted by Crippen LogP contribution is -2.03. The van der Waals surface area contributed by atoms with Crippen LogP contribution in [-0.2, 0) is 15.9 Å². The SMILES string of the molecule is O=S(=O)(O)Cc1c2ccccc2cc2ccccc12. The molecule has 0 unspecified atom stereocenters. The van der Waals surface area contributed by atoms with E-state index in [0.717, 1.165) is 21.5 Å². The zero-order valence-electron chi connectivity index (χ0n) is 10.1. The lowest BCUT2D eigenvalue weighted by molar-refractivity contribution is 0.482. The van der Waals surface area contributed by atoms with E-state index in [1.807, 2.05) is 54.6 Å². The van der Waals surface area contributed by atoms with Crippen molar-refractivity contribution in [3.05, 3.63) is 60.2 Å². The van der Waals surface area contributed by atoms with E-state index in [-0.39, 0.29) is 5.75 Å². The molecule has 3 aromatic rings. The van der Waals surface area contributed by atoms with E-state index in [9.17, 15) is 8.42 Å². The van der Waals surface area contributed by atoms with Gasteiger partial charge in [0.25, 0.3) is 10.1 Å². The number of rotatable bonds is 2. The number of fused-ring (bicyclic) bond motifs is 2. The minimum Gasteiger partial charge on any atom is -0.285 e. The van der Waals surface area contributed by atoms with Crippen molar-refractivity contribution in [3.63, 3.8) is 0 Å². The van der Waals surface area contributed by atoms with E-state index in [4.69, 9.17) is 4.55 Å². The highest BCUT2D eigenvalue weighted by Gasteiger charge is 2.13. The van der Waals surface area contributed by atoms with E-state index in [1.54, 1.807) is 0 Å². The van der Waals surface area contributed by atoms with Gasteiger partial charge in [-0.1, -0.05) is 48.5 Å². The Morgan fingerprint density at radius 3 is 1.79 bits per heavy atom. The lowest BCUT2D eigenvalue weighted by atomic mass is 9.98. The monoisotopic (exact) mass is 272 g/mol. The van der Waals surface area contributed by atoms with Crippen molar-refractivity contribution in [1.82, 2.24) is 0 Å². The Morgan fingerprint density at radius 1 is 0.842 bits per heavy atom. The second-order valence-corrected chi connectivity index (χ2v) is 5.98. The van der Waals surface area contributed by atoms with Gasteiger partial charge >= 0.3 is 0 Å². The summed E-state index contributed by atoms with van der Waals surface area (Å²) >= 11 is 0. The molecule has 3 aromatic carbocycles. The van der Waals surface area contributed by atoms with Gasteiger partial charge < -0.3 is 0 Å². The van der Waals surface area contributed by atoms with Gasteiger partial charge in [-0.25, -0.2) is 0 Å². The molecule has 0 heterocycles. The van der Waals surface area contributed by atoms with Crippen LogP contribution in [0.2, 0.25) is 0 Å². The summed E-state index contributed by atoms with van der Waals surface area (Å²) in [6.07, 6.45) is 0. The molecule has 0 atom stereocenters. The van der Waals surface area contributed by atoms with Crippen LogP contribution in [0.5, 0.6) is 0 Å². The average molecular weight is 272 g/mol. The minimum absolute atomic E-state index is 0.366. The summed E-state index contributed by atoms with van der Waals surface area (Å²) in [5.74, 6) is -0.366. The highest BCUT2D eigenvalue weighted by atomic mass is 32.2. The van der Waals surface area contributed by atoms with Gasteiger partial charge in [-0.3, -0.25) is 4.55 Å². The number of hydrogen-bond acceptors (Lipinski definition) is 2. The van der Waals surface area contributed by atoms with E-state index in [2.05, 4.69) is 0 Å². The van der Waals surface area contributed by atoms with Crippen LogP contribution in [0.25, 0.3) is 21.5 Å². The van der Waals surface area contributed by atoms with Gasteiger partial charge in [0.2, 0.25) is 0 Å². The van der Waals surface area contributed by atoms with Crippen LogP contribution in [0.4, 0.5) is 0 Å². The molecule has 0 aliphatic carbocycles. The van der Waals surface area contributed by atoms with E-state index >= 15 is 0 Å². The summed E-state index contributed by atoms with van der Waals surface area (Å²) in [5.41, 5.74) is 0.649. The highest BCUT2D eigenvalue weighted by molar-refractivity contribution is 7.85. The molecule has 0 radical (unpaired) electrons. The summed E-state index contributed by atoms with van der Waals surface area (Å²) in [6, 6.07) is 17.2. The van der Waals surface area contributed by atoms with Crippen molar-refractivity contribution in [2.24, 2.45) is 0 Å². The molecule has 0 saturated heterocycles. The van der Waals surface area contributed by atoms with Crippen molar-refractivity contribution < 1.29 is 13.0 Å². The third-order valence-electron chi connectivity index (χ3n) is 3.21. The van der Waals surface area contributed by atoms with E-state index in [1.165, 1.54) is 0 Å². The van der Waals surface area contributed by atoms with Crippen LogP contribution in [0, 0.1) is 0 Å². The zero-order chi connectivity index (χ0) is 13.5. The molecule has 0 amide bonds. The minimum atomic E-state index is -4.06. The van der Waals surface area contributed by atoms with Crippen LogP contribution in [-0.4, -0.2) is 13.0 Å². The van der Waals surface area contributed by atoms with Gasteiger partial charge in [0.05, 0.1) is 0 Å². The van der Waals surface area contributed by atoms with Crippen LogP contribution in [0.1, 0.15) is 5.56 Å². The molecule has 96 valence electrons. The Labute approximate surface area is 111 Å². The maximum Gasteiger partial charge on any atom is 0.269 e. The quantitative estimate of drug-likeness (QED) is 0.574. The van der Waals surface area contributed by atoms with Crippen LogP contribution < -0.4 is 0 Å². The summed E-state index contributed by atoms with van der Waals surface area (Å²) < 4.78 is 31.6. The molecule has 0 fully saturated rings. The highest BCUT2D eigenvalue weighted by Crippen LogP contribution is 2.29. The first-order chi connectivity index (χ1) is 9.04. The van der Waals surface area contributed by atoms with Crippen molar-refractivity contribution in [1.29, 1.82) is 0 Å². The Balaban J connectivity index is 2.46. The maximum absolute atomic E-state index is 11.2. The van der Waals surface area contributed by atoms with Gasteiger partial charge in [-0.15, -0.1) is 0 Å². The predicted molar refractivity (Wildman–Crippen MR) is 76.7 cm³/mol. The van der Waals surface area contributed by atoms with Crippen molar-refractivity contribution in [2.45, 2.75) is 5.75 Å². The lowest BCUT2D eigenvalue weighted by Gasteiger charge is -2.10. The predicted octanol–water partition coefficient (Wildman–Crippen LogP) is 3.38. The third-order valence-corrected chi connectivity index (χ3v) is 3.86. The fraction of sp³-hybridized carbons (Fsp3) is 0.0667. The molecular weight excluding hydrogens is 260 g/mol.